The molecule has 6 heteroatoms. The minimum atomic E-state index is -0.959. The zero-order valence-corrected chi connectivity index (χ0v) is 8.10. The fourth-order valence-corrected chi connectivity index (χ4v) is 1.66. The second-order valence-corrected chi connectivity index (χ2v) is 3.61. The van der Waals surface area contributed by atoms with Gasteiger partial charge >= 0.3 is 24.8 Å². The second-order valence-electron chi connectivity index (χ2n) is 2.75. The summed E-state index contributed by atoms with van der Waals surface area (Å²) < 4.78 is 0. The van der Waals surface area contributed by atoms with E-state index in [9.17, 15) is 4.79 Å². The first-order valence-electron chi connectivity index (χ1n) is 3.70. The first-order chi connectivity index (χ1) is 5.77. The number of carboxylic acids is 1. The normalized spacial score (nSPS) is 14.8. The number of rotatable bonds is 3. The molecule has 1 aliphatic carbocycles. The number of carboxylic acid groups (broad SMARTS) is 1. The van der Waals surface area contributed by atoms with Crippen LogP contribution in [0.5, 0.6) is 0 Å². The van der Waals surface area contributed by atoms with Crippen molar-refractivity contribution in [1.82, 2.24) is 4.98 Å². The van der Waals surface area contributed by atoms with Gasteiger partial charge in [0.1, 0.15) is 5.00 Å². The Balaban J connectivity index is 0.000000845. The van der Waals surface area contributed by atoms with E-state index in [1.807, 2.05) is 0 Å². The van der Waals surface area contributed by atoms with Crippen molar-refractivity contribution >= 4 is 22.3 Å². The Hall–Kier alpha value is -0.503. The molecule has 0 unspecified atom stereocenters. The molecule has 0 aromatic carbocycles. The molecule has 0 aliphatic heterocycles. The molecule has 66 valence electrons. The van der Waals surface area contributed by atoms with Crippen LogP contribution in [-0.2, 0) is 0 Å². The zero-order valence-electron chi connectivity index (χ0n) is 8.28. The third-order valence-electron chi connectivity index (χ3n) is 1.68. The Morgan fingerprint density at radius 3 is 3.00 bits per heavy atom. The Morgan fingerprint density at radius 2 is 2.46 bits per heavy atom. The number of hydrogen-bond donors (Lipinski definition) is 2. The van der Waals surface area contributed by atoms with Crippen molar-refractivity contribution < 1.29 is 30.2 Å². The van der Waals surface area contributed by atoms with E-state index in [1.165, 1.54) is 11.3 Å². The predicted octanol–water partition coefficient (Wildman–Crippen LogP) is -1.47. The Morgan fingerprint density at radius 1 is 1.77 bits per heavy atom. The van der Waals surface area contributed by atoms with E-state index in [0.29, 0.717) is 11.0 Å². The van der Waals surface area contributed by atoms with Crippen LogP contribution in [0.15, 0.2) is 5.51 Å². The number of aromatic nitrogens is 1. The van der Waals surface area contributed by atoms with Crippen LogP contribution in [0.1, 0.15) is 24.8 Å². The first-order valence-corrected chi connectivity index (χ1v) is 4.58. The van der Waals surface area contributed by atoms with Gasteiger partial charge in [0.2, 0.25) is 0 Å². The monoisotopic (exact) mass is 192 g/mol. The molecule has 1 aliphatic rings. The summed E-state index contributed by atoms with van der Waals surface area (Å²) in [5.41, 5.74) is 1.70. The van der Waals surface area contributed by atoms with Crippen molar-refractivity contribution in [2.45, 2.75) is 18.9 Å². The standard InChI is InChI=1S/C7H8N2O2S.Li.H/c10-7(11)5-6(12-3-8-5)9-4-1-2-4;;/h3-4,9H,1-2H2,(H,10,11);;/q;+1;-1. The Labute approximate surface area is 93.0 Å². The molecular formula is C7H9LiN2O2S. The van der Waals surface area contributed by atoms with Gasteiger partial charge < -0.3 is 11.8 Å². The minimum absolute atomic E-state index is 0. The van der Waals surface area contributed by atoms with E-state index in [2.05, 4.69) is 10.3 Å². The van der Waals surface area contributed by atoms with Crippen LogP contribution >= 0.6 is 11.3 Å². The number of nitrogens with one attached hydrogen (secondary N) is 1. The predicted molar refractivity (Wildman–Crippen MR) is 46.8 cm³/mol. The summed E-state index contributed by atoms with van der Waals surface area (Å²) >= 11 is 1.34. The van der Waals surface area contributed by atoms with Crippen molar-refractivity contribution in [2.24, 2.45) is 0 Å². The molecule has 0 spiro atoms. The molecule has 0 bridgehead atoms. The maximum atomic E-state index is 10.6. The van der Waals surface area contributed by atoms with Gasteiger partial charge in [0, 0.05) is 6.04 Å². The molecule has 0 saturated heterocycles. The third kappa shape index (κ3) is 2.47. The fraction of sp³-hybridized carbons (Fsp3) is 0.429. The van der Waals surface area contributed by atoms with Gasteiger partial charge in [-0.05, 0) is 12.8 Å². The van der Waals surface area contributed by atoms with Crippen molar-refractivity contribution in [2.75, 3.05) is 5.32 Å². The van der Waals surface area contributed by atoms with Gasteiger partial charge in [-0.2, -0.15) is 0 Å². The minimum Gasteiger partial charge on any atom is -1.00 e. The van der Waals surface area contributed by atoms with E-state index in [1.54, 1.807) is 5.51 Å². The number of anilines is 1. The molecule has 1 aromatic heterocycles. The largest absolute Gasteiger partial charge is 1.00 e. The molecule has 4 nitrogen and oxygen atoms in total. The van der Waals surface area contributed by atoms with E-state index in [4.69, 9.17) is 5.11 Å². The summed E-state index contributed by atoms with van der Waals surface area (Å²) in [7, 11) is 0. The molecule has 2 N–H and O–H groups in total. The fourth-order valence-electron chi connectivity index (χ4n) is 0.914. The van der Waals surface area contributed by atoms with E-state index in [-0.39, 0.29) is 26.0 Å². The maximum Gasteiger partial charge on any atom is 1.00 e. The molecule has 0 radical (unpaired) electrons. The summed E-state index contributed by atoms with van der Waals surface area (Å²) in [6, 6.07) is 0.476. The molecule has 2 rings (SSSR count). The van der Waals surface area contributed by atoms with Crippen LogP contribution in [0.2, 0.25) is 0 Å². The van der Waals surface area contributed by atoms with Gasteiger partial charge in [0.05, 0.1) is 5.51 Å². The van der Waals surface area contributed by atoms with E-state index < -0.39 is 5.97 Å². The quantitative estimate of drug-likeness (QED) is 0.574. The average molecular weight is 192 g/mol. The van der Waals surface area contributed by atoms with Crippen molar-refractivity contribution in [1.29, 1.82) is 0 Å². The van der Waals surface area contributed by atoms with Gasteiger partial charge in [-0.1, -0.05) is 0 Å². The average Bonchev–Trinajstić information content (AvgIpc) is 2.66. The van der Waals surface area contributed by atoms with Gasteiger partial charge in [0.15, 0.2) is 5.69 Å². The summed E-state index contributed by atoms with van der Waals surface area (Å²) in [6.07, 6.45) is 2.27. The maximum absolute atomic E-state index is 10.6. The third-order valence-corrected chi connectivity index (χ3v) is 2.44. The summed E-state index contributed by atoms with van der Waals surface area (Å²) in [5, 5.41) is 12.5. The van der Waals surface area contributed by atoms with Gasteiger partial charge in [-0.3, -0.25) is 0 Å². The van der Waals surface area contributed by atoms with Crippen LogP contribution in [0, 0.1) is 0 Å². The molecule has 13 heavy (non-hydrogen) atoms. The number of aromatic carboxylic acids is 1. The summed E-state index contributed by atoms with van der Waals surface area (Å²) in [4.78, 5) is 14.3. The summed E-state index contributed by atoms with van der Waals surface area (Å²) in [5.74, 6) is -0.959. The number of hydrogen-bond acceptors (Lipinski definition) is 4. The molecule has 1 heterocycles. The second kappa shape index (κ2) is 4.14. The van der Waals surface area contributed by atoms with Crippen LogP contribution in [0.3, 0.4) is 0 Å². The molecule has 0 amide bonds. The van der Waals surface area contributed by atoms with Crippen LogP contribution in [0.4, 0.5) is 5.00 Å². The van der Waals surface area contributed by atoms with Gasteiger partial charge in [-0.15, -0.1) is 11.3 Å². The Kier molecular flexibility index (Phi) is 3.37. The number of carbonyl (C=O) groups is 1. The van der Waals surface area contributed by atoms with Crippen molar-refractivity contribution in [3.05, 3.63) is 11.2 Å². The van der Waals surface area contributed by atoms with Crippen molar-refractivity contribution in [3.63, 3.8) is 0 Å². The molecule has 1 aromatic rings. The van der Waals surface area contributed by atoms with Crippen LogP contribution < -0.4 is 24.2 Å². The van der Waals surface area contributed by atoms with Gasteiger partial charge in [-0.25, -0.2) is 9.78 Å². The van der Waals surface area contributed by atoms with Crippen LogP contribution in [-0.4, -0.2) is 22.1 Å². The van der Waals surface area contributed by atoms with E-state index in [0.717, 1.165) is 12.8 Å². The molecule has 1 fully saturated rings. The van der Waals surface area contributed by atoms with Gasteiger partial charge in [0.25, 0.3) is 0 Å². The smallest absolute Gasteiger partial charge is 1.00 e. The first kappa shape index (κ1) is 10.6. The van der Waals surface area contributed by atoms with Crippen molar-refractivity contribution in [3.8, 4) is 0 Å². The number of thiazole rings is 1. The van der Waals surface area contributed by atoms with E-state index >= 15 is 0 Å². The molecule has 0 atom stereocenters. The SMILES string of the molecule is O=C(O)c1ncsc1NC1CC1.[H-].[Li+]. The molecular weight excluding hydrogens is 183 g/mol. The topological polar surface area (TPSA) is 62.2 Å². The number of nitrogens with zero attached hydrogens (tertiary/aromatic N) is 1. The van der Waals surface area contributed by atoms with Crippen LogP contribution in [0.25, 0.3) is 0 Å². The summed E-state index contributed by atoms with van der Waals surface area (Å²) in [6.45, 7) is 0. The molecule has 1 saturated carbocycles. The Bertz CT molecular complexity index is 316. The zero-order chi connectivity index (χ0) is 8.55.